The predicted octanol–water partition coefficient (Wildman–Crippen LogP) is 3.31. The van der Waals surface area contributed by atoms with Gasteiger partial charge in [0.05, 0.1) is 24.4 Å². The van der Waals surface area contributed by atoms with Gasteiger partial charge in [-0.3, -0.25) is 14.4 Å². The Kier molecular flexibility index (Phi) is 10.5. The lowest BCUT2D eigenvalue weighted by Gasteiger charge is -2.31. The number of esters is 2. The van der Waals surface area contributed by atoms with Gasteiger partial charge < -0.3 is 14.6 Å². The third-order valence-electron chi connectivity index (χ3n) is 5.51. The van der Waals surface area contributed by atoms with Crippen molar-refractivity contribution < 1.29 is 37.4 Å². The summed E-state index contributed by atoms with van der Waals surface area (Å²) < 4.78 is 34.5. The number of carboxylic acids is 1. The second-order valence-electron chi connectivity index (χ2n) is 9.14. The van der Waals surface area contributed by atoms with Gasteiger partial charge in [-0.05, 0) is 56.6 Å². The average Bonchev–Trinajstić information content (AvgIpc) is 2.69. The monoisotopic (exact) mass is 484 g/mol. The molecule has 0 aromatic heterocycles. The first-order chi connectivity index (χ1) is 15.2. The van der Waals surface area contributed by atoms with Crippen LogP contribution in [0.3, 0.4) is 0 Å². The van der Waals surface area contributed by atoms with Crippen molar-refractivity contribution in [3.63, 3.8) is 0 Å². The van der Waals surface area contributed by atoms with Gasteiger partial charge in [0.2, 0.25) is 0 Å². The smallest absolute Gasteiger partial charge is 0.321 e. The highest BCUT2D eigenvalue weighted by atomic mass is 32.2. The molecule has 0 heterocycles. The number of carboxylic acid groups (broad SMARTS) is 1. The molecule has 0 spiro atoms. The van der Waals surface area contributed by atoms with E-state index in [0.717, 1.165) is 5.56 Å². The molecule has 0 bridgehead atoms. The Hall–Kier alpha value is -2.42. The average molecular weight is 485 g/mol. The minimum Gasteiger partial charge on any atom is -0.481 e. The molecule has 1 unspecified atom stereocenters. The van der Waals surface area contributed by atoms with Crippen LogP contribution in [-0.4, -0.2) is 56.2 Å². The Morgan fingerprint density at radius 2 is 1.58 bits per heavy atom. The number of hydrogen-bond acceptors (Lipinski definition) is 7. The Labute approximate surface area is 196 Å². The van der Waals surface area contributed by atoms with Crippen LogP contribution in [0.2, 0.25) is 0 Å². The number of ether oxygens (including phenoxy) is 2. The van der Waals surface area contributed by atoms with Gasteiger partial charge in [0, 0.05) is 6.42 Å². The van der Waals surface area contributed by atoms with Crippen LogP contribution in [0, 0.1) is 5.41 Å². The van der Waals surface area contributed by atoms with E-state index in [0.29, 0.717) is 25.0 Å². The first-order valence-corrected chi connectivity index (χ1v) is 12.9. The zero-order valence-electron chi connectivity index (χ0n) is 20.2. The lowest BCUT2D eigenvalue weighted by Crippen LogP contribution is -2.36. The van der Waals surface area contributed by atoms with Gasteiger partial charge in [0.15, 0.2) is 9.84 Å². The first kappa shape index (κ1) is 28.6. The number of rotatable bonds is 14. The molecule has 0 radical (unpaired) electrons. The van der Waals surface area contributed by atoms with Gasteiger partial charge in [0.1, 0.15) is 5.75 Å². The second-order valence-corrected chi connectivity index (χ2v) is 11.2. The van der Waals surface area contributed by atoms with Crippen LogP contribution >= 0.6 is 0 Å². The Bertz CT molecular complexity index is 936. The summed E-state index contributed by atoms with van der Waals surface area (Å²) in [6, 6.07) is 7.09. The number of carbonyl (C=O) groups is 3. The van der Waals surface area contributed by atoms with E-state index in [4.69, 9.17) is 9.47 Å². The molecule has 0 aliphatic heterocycles. The molecule has 1 aromatic rings. The summed E-state index contributed by atoms with van der Waals surface area (Å²) >= 11 is 0. The minimum atomic E-state index is -3.71. The molecule has 1 N–H and O–H groups in total. The summed E-state index contributed by atoms with van der Waals surface area (Å²) in [5.74, 6) is -3.06. The minimum absolute atomic E-state index is 0.105. The fraction of sp³-hybridized carbons (Fsp3) is 0.625. The third-order valence-corrected chi connectivity index (χ3v) is 7.41. The van der Waals surface area contributed by atoms with Crippen LogP contribution in [0.4, 0.5) is 0 Å². The van der Waals surface area contributed by atoms with Gasteiger partial charge in [-0.1, -0.05) is 38.1 Å². The Balaban J connectivity index is 2.95. The van der Waals surface area contributed by atoms with Gasteiger partial charge in [-0.25, -0.2) is 8.42 Å². The van der Waals surface area contributed by atoms with Crippen LogP contribution in [0.15, 0.2) is 24.3 Å². The van der Waals surface area contributed by atoms with Crippen molar-refractivity contribution in [1.82, 2.24) is 0 Å². The summed E-state index contributed by atoms with van der Waals surface area (Å²) in [6.45, 7) is 8.85. The maximum Gasteiger partial charge on any atom is 0.321 e. The zero-order chi connectivity index (χ0) is 25.3. The van der Waals surface area contributed by atoms with Gasteiger partial charge in [-0.15, -0.1) is 0 Å². The molecular weight excluding hydrogens is 448 g/mol. The maximum absolute atomic E-state index is 12.4. The van der Waals surface area contributed by atoms with Crippen LogP contribution < -0.4 is 0 Å². The van der Waals surface area contributed by atoms with E-state index < -0.39 is 38.4 Å². The van der Waals surface area contributed by atoms with Crippen molar-refractivity contribution in [3.8, 4) is 0 Å². The SMILES string of the molecule is CCOC(=O)CCc1cccc(C(C)(CCC(C)(C)CS(=O)(=O)CC(=O)OCC)C(=O)O)c1. The first-order valence-electron chi connectivity index (χ1n) is 11.1. The third kappa shape index (κ3) is 9.53. The van der Waals surface area contributed by atoms with E-state index in [1.807, 2.05) is 6.07 Å². The standard InChI is InChI=1S/C24H36O8S/c1-6-31-20(25)12-11-18-9-8-10-19(15-18)24(5,22(27)28)14-13-23(3,4)17-33(29,30)16-21(26)32-7-2/h8-10,15H,6-7,11-14,16-17H2,1-5H3,(H,27,28). The van der Waals surface area contributed by atoms with Crippen LogP contribution in [0.1, 0.15) is 65.0 Å². The highest BCUT2D eigenvalue weighted by Gasteiger charge is 2.38. The molecule has 1 aromatic carbocycles. The number of aliphatic carboxylic acids is 1. The lowest BCUT2D eigenvalue weighted by atomic mass is 9.74. The van der Waals surface area contributed by atoms with Gasteiger partial charge in [-0.2, -0.15) is 0 Å². The molecule has 0 saturated carbocycles. The van der Waals surface area contributed by atoms with E-state index in [1.165, 1.54) is 0 Å². The van der Waals surface area contributed by atoms with Crippen molar-refractivity contribution in [3.05, 3.63) is 35.4 Å². The lowest BCUT2D eigenvalue weighted by molar-refractivity contribution is -0.144. The predicted molar refractivity (Wildman–Crippen MR) is 125 cm³/mol. The highest BCUT2D eigenvalue weighted by Crippen LogP contribution is 2.36. The zero-order valence-corrected chi connectivity index (χ0v) is 21.0. The molecule has 0 aliphatic rings. The molecule has 0 fully saturated rings. The van der Waals surface area contributed by atoms with Gasteiger partial charge in [0.25, 0.3) is 0 Å². The van der Waals surface area contributed by atoms with E-state index >= 15 is 0 Å². The number of sulfone groups is 1. The molecule has 1 atom stereocenters. The summed E-state index contributed by atoms with van der Waals surface area (Å²) in [5.41, 5.74) is -0.586. The molecular formula is C24H36O8S. The summed E-state index contributed by atoms with van der Waals surface area (Å²) in [6.07, 6.45) is 1.14. The van der Waals surface area contributed by atoms with E-state index in [2.05, 4.69) is 0 Å². The topological polar surface area (TPSA) is 124 Å². The number of aryl methyl sites for hydroxylation is 1. The van der Waals surface area contributed by atoms with Crippen molar-refractivity contribution in [1.29, 1.82) is 0 Å². The van der Waals surface area contributed by atoms with Crippen molar-refractivity contribution in [2.24, 2.45) is 5.41 Å². The fourth-order valence-electron chi connectivity index (χ4n) is 3.61. The van der Waals surface area contributed by atoms with E-state index in [1.54, 1.807) is 52.8 Å². The number of hydrogen-bond donors (Lipinski definition) is 1. The van der Waals surface area contributed by atoms with Crippen LogP contribution in [-0.2, 0) is 45.5 Å². The van der Waals surface area contributed by atoms with Gasteiger partial charge >= 0.3 is 17.9 Å². The molecule has 9 heteroatoms. The fourth-order valence-corrected chi connectivity index (χ4v) is 5.49. The molecule has 186 valence electrons. The van der Waals surface area contributed by atoms with Crippen molar-refractivity contribution in [2.45, 2.75) is 65.7 Å². The van der Waals surface area contributed by atoms with Crippen molar-refractivity contribution in [2.75, 3.05) is 24.7 Å². The Morgan fingerprint density at radius 3 is 2.15 bits per heavy atom. The second kappa shape index (κ2) is 12.2. The number of carbonyl (C=O) groups excluding carboxylic acids is 2. The van der Waals surface area contributed by atoms with Crippen molar-refractivity contribution >= 4 is 27.7 Å². The maximum atomic E-state index is 12.4. The normalized spacial score (nSPS) is 13.7. The molecule has 1 rings (SSSR count). The quantitative estimate of drug-likeness (QED) is 0.399. The molecule has 0 amide bonds. The molecule has 0 aliphatic carbocycles. The van der Waals surface area contributed by atoms with E-state index in [9.17, 15) is 27.9 Å². The Morgan fingerprint density at radius 1 is 0.970 bits per heavy atom. The largest absolute Gasteiger partial charge is 0.481 e. The summed E-state index contributed by atoms with van der Waals surface area (Å²) in [5, 5.41) is 10.0. The molecule has 8 nitrogen and oxygen atoms in total. The summed E-state index contributed by atoms with van der Waals surface area (Å²) in [7, 11) is -3.71. The molecule has 33 heavy (non-hydrogen) atoms. The van der Waals surface area contributed by atoms with Crippen LogP contribution in [0.25, 0.3) is 0 Å². The number of benzene rings is 1. The highest BCUT2D eigenvalue weighted by molar-refractivity contribution is 7.92. The molecule has 0 saturated heterocycles. The van der Waals surface area contributed by atoms with Crippen LogP contribution in [0.5, 0.6) is 0 Å². The van der Waals surface area contributed by atoms with E-state index in [-0.39, 0.29) is 31.2 Å². The summed E-state index contributed by atoms with van der Waals surface area (Å²) in [4.78, 5) is 35.5.